The summed E-state index contributed by atoms with van der Waals surface area (Å²) in [7, 11) is 0. The lowest BCUT2D eigenvalue weighted by molar-refractivity contribution is -0.118. The third-order valence-electron chi connectivity index (χ3n) is 1.29. The van der Waals surface area contributed by atoms with Gasteiger partial charge in [-0.1, -0.05) is 0 Å². The average molecular weight is 241 g/mol. The van der Waals surface area contributed by atoms with E-state index in [2.05, 4.69) is 26.2 Å². The Morgan fingerprint density at radius 2 is 2.38 bits per heavy atom. The van der Waals surface area contributed by atoms with Crippen molar-refractivity contribution in [3.8, 4) is 0 Å². The highest BCUT2D eigenvalue weighted by Crippen LogP contribution is 2.07. The van der Waals surface area contributed by atoms with Gasteiger partial charge in [-0.2, -0.15) is 0 Å². The standard InChI is InChI=1S/C9H9BrN2O/c1-7(13)11-5-4-9-3-2-8(10)6-12-9/h2-6H,1H3,(H,11,13). The Morgan fingerprint density at radius 1 is 1.62 bits per heavy atom. The molecule has 0 aliphatic heterocycles. The van der Waals surface area contributed by atoms with Crippen LogP contribution in [0.4, 0.5) is 0 Å². The number of carbonyl (C=O) groups excluding carboxylic acids is 1. The van der Waals surface area contributed by atoms with E-state index in [1.807, 2.05) is 12.1 Å². The number of hydrogen-bond donors (Lipinski definition) is 1. The van der Waals surface area contributed by atoms with Gasteiger partial charge in [0.2, 0.25) is 5.91 Å². The van der Waals surface area contributed by atoms with Crippen LogP contribution in [0.15, 0.2) is 29.0 Å². The van der Waals surface area contributed by atoms with Crippen molar-refractivity contribution in [2.45, 2.75) is 6.92 Å². The van der Waals surface area contributed by atoms with Gasteiger partial charge >= 0.3 is 0 Å². The summed E-state index contributed by atoms with van der Waals surface area (Å²) in [6, 6.07) is 3.74. The fourth-order valence-electron chi connectivity index (χ4n) is 0.730. The molecule has 0 aliphatic carbocycles. The second-order valence-corrected chi connectivity index (χ2v) is 3.35. The van der Waals surface area contributed by atoms with Crippen molar-refractivity contribution in [2.24, 2.45) is 0 Å². The van der Waals surface area contributed by atoms with Gasteiger partial charge in [-0.25, -0.2) is 0 Å². The van der Waals surface area contributed by atoms with Gasteiger partial charge in [0, 0.05) is 23.8 Å². The predicted molar refractivity (Wildman–Crippen MR) is 54.8 cm³/mol. The van der Waals surface area contributed by atoms with Crippen LogP contribution >= 0.6 is 15.9 Å². The van der Waals surface area contributed by atoms with Crippen molar-refractivity contribution in [1.82, 2.24) is 10.3 Å². The highest BCUT2D eigenvalue weighted by Gasteiger charge is 1.88. The highest BCUT2D eigenvalue weighted by atomic mass is 79.9. The van der Waals surface area contributed by atoms with E-state index in [0.717, 1.165) is 10.2 Å². The third kappa shape index (κ3) is 3.85. The summed E-state index contributed by atoms with van der Waals surface area (Å²) in [6.45, 7) is 1.46. The number of rotatable bonds is 2. The molecule has 0 saturated carbocycles. The number of aromatic nitrogens is 1. The first-order valence-electron chi connectivity index (χ1n) is 3.73. The number of nitrogens with one attached hydrogen (secondary N) is 1. The van der Waals surface area contributed by atoms with Crippen molar-refractivity contribution in [1.29, 1.82) is 0 Å². The van der Waals surface area contributed by atoms with Gasteiger partial charge in [-0.05, 0) is 34.1 Å². The molecule has 0 saturated heterocycles. The normalized spacial score (nSPS) is 10.3. The molecule has 0 fully saturated rings. The summed E-state index contributed by atoms with van der Waals surface area (Å²) in [6.07, 6.45) is 5.00. The predicted octanol–water partition coefficient (Wildman–Crippen LogP) is 1.95. The Morgan fingerprint density at radius 3 is 2.92 bits per heavy atom. The molecule has 1 rings (SSSR count). The zero-order valence-electron chi connectivity index (χ0n) is 7.12. The van der Waals surface area contributed by atoms with Crippen LogP contribution in [0.25, 0.3) is 6.08 Å². The van der Waals surface area contributed by atoms with Gasteiger partial charge in [-0.15, -0.1) is 0 Å². The topological polar surface area (TPSA) is 42.0 Å². The Balaban J connectivity index is 2.59. The third-order valence-corrected chi connectivity index (χ3v) is 1.76. The maximum absolute atomic E-state index is 10.5. The van der Waals surface area contributed by atoms with E-state index in [9.17, 15) is 4.79 Å². The van der Waals surface area contributed by atoms with Crippen molar-refractivity contribution in [3.63, 3.8) is 0 Å². The van der Waals surface area contributed by atoms with Gasteiger partial charge in [0.1, 0.15) is 0 Å². The van der Waals surface area contributed by atoms with Crippen LogP contribution in [-0.2, 0) is 4.79 Å². The maximum Gasteiger partial charge on any atom is 0.220 e. The molecule has 1 N–H and O–H groups in total. The van der Waals surface area contributed by atoms with Crippen molar-refractivity contribution in [2.75, 3.05) is 0 Å². The molecule has 0 aromatic carbocycles. The molecule has 3 nitrogen and oxygen atoms in total. The summed E-state index contributed by atoms with van der Waals surface area (Å²) in [5.41, 5.74) is 0.803. The van der Waals surface area contributed by atoms with Gasteiger partial charge in [0.25, 0.3) is 0 Å². The monoisotopic (exact) mass is 240 g/mol. The maximum atomic E-state index is 10.5. The first-order chi connectivity index (χ1) is 6.18. The summed E-state index contributed by atoms with van der Waals surface area (Å²) in [4.78, 5) is 14.6. The van der Waals surface area contributed by atoms with E-state index in [1.54, 1.807) is 18.5 Å². The van der Waals surface area contributed by atoms with Crippen LogP contribution in [0.2, 0.25) is 0 Å². The summed E-state index contributed by atoms with van der Waals surface area (Å²) in [5.74, 6) is -0.0895. The minimum Gasteiger partial charge on any atom is -0.333 e. The SMILES string of the molecule is CC(=O)NC=Cc1ccc(Br)cn1. The minimum absolute atomic E-state index is 0.0895. The molecule has 0 spiro atoms. The second kappa shape index (κ2) is 4.77. The van der Waals surface area contributed by atoms with Crippen LogP contribution < -0.4 is 5.32 Å². The largest absolute Gasteiger partial charge is 0.333 e. The first-order valence-corrected chi connectivity index (χ1v) is 4.53. The second-order valence-electron chi connectivity index (χ2n) is 2.44. The van der Waals surface area contributed by atoms with Gasteiger partial charge in [-0.3, -0.25) is 9.78 Å². The molecule has 0 unspecified atom stereocenters. The molecule has 1 heterocycles. The quantitative estimate of drug-likeness (QED) is 0.859. The van der Waals surface area contributed by atoms with E-state index in [0.29, 0.717) is 0 Å². The average Bonchev–Trinajstić information content (AvgIpc) is 2.08. The lowest BCUT2D eigenvalue weighted by Crippen LogP contribution is -2.11. The Labute approximate surface area is 85.0 Å². The molecular formula is C9H9BrN2O. The Bertz CT molecular complexity index is 319. The number of nitrogens with zero attached hydrogens (tertiary/aromatic N) is 1. The van der Waals surface area contributed by atoms with Gasteiger partial charge in [0.05, 0.1) is 5.69 Å². The van der Waals surface area contributed by atoms with Crippen LogP contribution in [0.5, 0.6) is 0 Å². The minimum atomic E-state index is -0.0895. The van der Waals surface area contributed by atoms with Gasteiger partial charge in [0.15, 0.2) is 0 Å². The van der Waals surface area contributed by atoms with Gasteiger partial charge < -0.3 is 5.32 Å². The molecule has 13 heavy (non-hydrogen) atoms. The number of pyridine rings is 1. The number of amides is 1. The molecule has 1 aromatic heterocycles. The van der Waals surface area contributed by atoms with Crippen molar-refractivity contribution >= 4 is 27.9 Å². The molecule has 0 radical (unpaired) electrons. The highest BCUT2D eigenvalue weighted by molar-refractivity contribution is 9.10. The molecule has 68 valence electrons. The number of halogens is 1. The van der Waals surface area contributed by atoms with E-state index in [-0.39, 0.29) is 5.91 Å². The summed E-state index contributed by atoms with van der Waals surface area (Å²) < 4.78 is 0.934. The molecule has 4 heteroatoms. The van der Waals surface area contributed by atoms with Crippen molar-refractivity contribution in [3.05, 3.63) is 34.7 Å². The van der Waals surface area contributed by atoms with Crippen LogP contribution in [0.3, 0.4) is 0 Å². The van der Waals surface area contributed by atoms with Crippen LogP contribution in [0, 0.1) is 0 Å². The summed E-state index contributed by atoms with van der Waals surface area (Å²) in [5, 5.41) is 2.54. The fourth-order valence-corrected chi connectivity index (χ4v) is 0.965. The van der Waals surface area contributed by atoms with E-state index in [1.165, 1.54) is 6.92 Å². The summed E-state index contributed by atoms with van der Waals surface area (Å²) >= 11 is 3.28. The number of carbonyl (C=O) groups is 1. The lowest BCUT2D eigenvalue weighted by atomic mass is 10.3. The smallest absolute Gasteiger partial charge is 0.220 e. The Hall–Kier alpha value is -1.16. The zero-order valence-corrected chi connectivity index (χ0v) is 8.71. The fraction of sp³-hybridized carbons (Fsp3) is 0.111. The molecule has 0 aliphatic rings. The molecular weight excluding hydrogens is 232 g/mol. The van der Waals surface area contributed by atoms with E-state index >= 15 is 0 Å². The van der Waals surface area contributed by atoms with E-state index < -0.39 is 0 Å². The first kappa shape index (κ1) is 9.92. The lowest BCUT2D eigenvalue weighted by Gasteiger charge is -1.93. The molecule has 0 atom stereocenters. The van der Waals surface area contributed by atoms with E-state index in [4.69, 9.17) is 0 Å². The Kier molecular flexibility index (Phi) is 3.64. The van der Waals surface area contributed by atoms with Crippen LogP contribution in [0.1, 0.15) is 12.6 Å². The van der Waals surface area contributed by atoms with Crippen LogP contribution in [-0.4, -0.2) is 10.9 Å². The molecule has 0 bridgehead atoms. The van der Waals surface area contributed by atoms with Crippen molar-refractivity contribution < 1.29 is 4.79 Å². The molecule has 1 aromatic rings. The molecule has 1 amide bonds. The number of hydrogen-bond acceptors (Lipinski definition) is 2. The zero-order chi connectivity index (χ0) is 9.68.